The van der Waals surface area contributed by atoms with Gasteiger partial charge in [-0.3, -0.25) is 9.62 Å². The van der Waals surface area contributed by atoms with Gasteiger partial charge in [-0.25, -0.2) is 9.97 Å². The van der Waals surface area contributed by atoms with Gasteiger partial charge >= 0.3 is 0 Å². The van der Waals surface area contributed by atoms with Crippen LogP contribution >= 0.6 is 11.3 Å². The normalized spacial score (nSPS) is 22.9. The lowest BCUT2D eigenvalue weighted by Gasteiger charge is -2.43. The lowest BCUT2D eigenvalue weighted by molar-refractivity contribution is 0.138. The molecule has 2 fully saturated rings. The van der Waals surface area contributed by atoms with Gasteiger partial charge in [0, 0.05) is 38.1 Å². The number of hydrogen-bond donors (Lipinski definition) is 1. The van der Waals surface area contributed by atoms with Gasteiger partial charge in [-0.2, -0.15) is 8.42 Å². The molecule has 1 saturated carbocycles. The van der Waals surface area contributed by atoms with Gasteiger partial charge < -0.3 is 4.90 Å². The molecule has 0 unspecified atom stereocenters. The maximum atomic E-state index is 12.7. The molecule has 1 aliphatic carbocycles. The highest BCUT2D eigenvalue weighted by atomic mass is 32.2. The van der Waals surface area contributed by atoms with E-state index in [-0.39, 0.29) is 5.03 Å². The largest absolute Gasteiger partial charge is 0.369 e. The maximum Gasteiger partial charge on any atom is 0.280 e. The first-order valence-corrected chi connectivity index (χ1v) is 13.7. The number of rotatable bonds is 7. The summed E-state index contributed by atoms with van der Waals surface area (Å²) in [5.41, 5.74) is 4.87. The van der Waals surface area contributed by atoms with E-state index in [1.807, 2.05) is 6.92 Å². The number of anilines is 2. The van der Waals surface area contributed by atoms with Crippen molar-refractivity contribution in [2.24, 2.45) is 11.8 Å². The number of nitrogens with zero attached hydrogens (tertiary/aromatic N) is 4. The van der Waals surface area contributed by atoms with Gasteiger partial charge in [0.1, 0.15) is 0 Å². The highest BCUT2D eigenvalue weighted by Crippen LogP contribution is 2.42. The van der Waals surface area contributed by atoms with E-state index in [0.29, 0.717) is 23.7 Å². The summed E-state index contributed by atoms with van der Waals surface area (Å²) in [5, 5.41) is 1.68. The van der Waals surface area contributed by atoms with Crippen LogP contribution in [0.2, 0.25) is 0 Å². The summed E-state index contributed by atoms with van der Waals surface area (Å²) < 4.78 is 27.9. The molecule has 5 rings (SSSR count). The van der Waals surface area contributed by atoms with Crippen molar-refractivity contribution in [2.45, 2.75) is 37.4 Å². The van der Waals surface area contributed by atoms with E-state index in [1.165, 1.54) is 29.7 Å². The van der Waals surface area contributed by atoms with Crippen molar-refractivity contribution in [3.05, 3.63) is 64.6 Å². The summed E-state index contributed by atoms with van der Waals surface area (Å²) in [5.74, 6) is 1.53. The molecule has 0 radical (unpaired) electrons. The molecule has 174 valence electrons. The molecule has 7 nitrogen and oxygen atoms in total. The van der Waals surface area contributed by atoms with Crippen molar-refractivity contribution in [3.63, 3.8) is 0 Å². The Labute approximate surface area is 199 Å². The summed E-state index contributed by atoms with van der Waals surface area (Å²) >= 11 is 1.34. The van der Waals surface area contributed by atoms with E-state index in [4.69, 9.17) is 0 Å². The number of sulfonamides is 1. The van der Waals surface area contributed by atoms with Gasteiger partial charge in [0.25, 0.3) is 10.0 Å². The molecule has 9 heteroatoms. The van der Waals surface area contributed by atoms with Crippen LogP contribution in [0, 0.1) is 18.8 Å². The third-order valence-corrected chi connectivity index (χ3v) is 8.78. The number of benzene rings is 1. The number of nitrogens with one attached hydrogen (secondary N) is 1. The number of aromatic nitrogens is 2. The first kappa shape index (κ1) is 22.3. The topological polar surface area (TPSA) is 78.4 Å². The molecule has 0 amide bonds. The van der Waals surface area contributed by atoms with Crippen LogP contribution in [0.5, 0.6) is 0 Å². The quantitative estimate of drug-likeness (QED) is 0.547. The third-order valence-electron chi connectivity index (χ3n) is 6.94. The number of likely N-dealkylation sites (tertiary alicyclic amines) is 1. The zero-order valence-corrected chi connectivity index (χ0v) is 20.5. The second-order valence-corrected chi connectivity index (χ2v) is 11.5. The average molecular weight is 484 g/mol. The molecule has 1 aromatic carbocycles. The Bertz CT molecular complexity index is 1190. The minimum absolute atomic E-state index is 0.0193. The summed E-state index contributed by atoms with van der Waals surface area (Å²) in [4.78, 5) is 13.3. The molecule has 3 aromatic rings. The monoisotopic (exact) mass is 483 g/mol. The highest BCUT2D eigenvalue weighted by molar-refractivity contribution is 7.92. The zero-order valence-electron chi connectivity index (χ0n) is 18.9. The molecular weight excluding hydrogens is 454 g/mol. The lowest BCUT2D eigenvalue weighted by Crippen LogP contribution is -2.51. The van der Waals surface area contributed by atoms with Gasteiger partial charge in [-0.1, -0.05) is 30.3 Å². The summed E-state index contributed by atoms with van der Waals surface area (Å²) in [6, 6.07) is 12.8. The fourth-order valence-electron chi connectivity index (χ4n) is 5.55. The summed E-state index contributed by atoms with van der Waals surface area (Å²) in [7, 11) is -1.63. The second kappa shape index (κ2) is 9.04. The summed E-state index contributed by atoms with van der Waals surface area (Å²) in [6.45, 7) is 5.15. The standard InChI is InChI=1S/C24H29N5O2S2/c1-17-10-23(33(30,31)27-22-15-32-16-26-22)25-11-21(17)28(2)24-19-8-9-20(24)14-29(13-19)12-18-6-4-3-5-7-18/h3-7,10-11,15-16,19-20,24,27H,8-9,12-14H2,1-2H3/t19-,20+,24-. The Morgan fingerprint density at radius 1 is 1.15 bits per heavy atom. The first-order valence-electron chi connectivity index (χ1n) is 11.3. The Morgan fingerprint density at radius 2 is 1.88 bits per heavy atom. The average Bonchev–Trinajstić information content (AvgIpc) is 3.39. The van der Waals surface area contributed by atoms with Crippen LogP contribution in [0.1, 0.15) is 24.0 Å². The van der Waals surface area contributed by atoms with Crippen molar-refractivity contribution in [2.75, 3.05) is 29.8 Å². The molecule has 1 aliphatic heterocycles. The van der Waals surface area contributed by atoms with Crippen LogP contribution in [0.25, 0.3) is 0 Å². The van der Waals surface area contributed by atoms with Crippen LogP contribution in [0.15, 0.2) is 58.5 Å². The Balaban J connectivity index is 1.30. The number of thiazole rings is 1. The minimum Gasteiger partial charge on any atom is -0.369 e. The number of aryl methyl sites for hydroxylation is 1. The molecule has 3 heterocycles. The highest BCUT2D eigenvalue weighted by Gasteiger charge is 2.44. The van der Waals surface area contributed by atoms with Gasteiger partial charge in [-0.15, -0.1) is 11.3 Å². The fraction of sp³-hybridized carbons (Fsp3) is 0.417. The molecule has 0 spiro atoms. The molecule has 2 aliphatic rings. The smallest absolute Gasteiger partial charge is 0.280 e. The van der Waals surface area contributed by atoms with Crippen molar-refractivity contribution >= 4 is 32.9 Å². The van der Waals surface area contributed by atoms with Gasteiger partial charge in [0.2, 0.25) is 0 Å². The predicted octanol–water partition coefficient (Wildman–Crippen LogP) is 3.99. The zero-order chi connectivity index (χ0) is 23.0. The molecular formula is C24H29N5O2S2. The third kappa shape index (κ3) is 4.62. The van der Waals surface area contributed by atoms with E-state index >= 15 is 0 Å². The van der Waals surface area contributed by atoms with Crippen LogP contribution in [0.4, 0.5) is 11.5 Å². The molecule has 1 N–H and O–H groups in total. The number of piperidine rings is 1. The van der Waals surface area contributed by atoms with E-state index in [1.54, 1.807) is 23.2 Å². The van der Waals surface area contributed by atoms with Crippen molar-refractivity contribution in [1.82, 2.24) is 14.9 Å². The van der Waals surface area contributed by atoms with Crippen molar-refractivity contribution in [3.8, 4) is 0 Å². The lowest BCUT2D eigenvalue weighted by atomic mass is 9.90. The Kier molecular flexibility index (Phi) is 6.11. The fourth-order valence-corrected chi connectivity index (χ4v) is 7.12. The van der Waals surface area contributed by atoms with Crippen LogP contribution < -0.4 is 9.62 Å². The van der Waals surface area contributed by atoms with Crippen molar-refractivity contribution < 1.29 is 8.42 Å². The van der Waals surface area contributed by atoms with E-state index < -0.39 is 10.0 Å². The van der Waals surface area contributed by atoms with E-state index in [9.17, 15) is 8.42 Å². The SMILES string of the molecule is Cc1cc(S(=O)(=O)Nc2cscn2)ncc1N(C)[C@@H]1[C@@H]2CC[C@H]1CN(Cc1ccccc1)C2. The Morgan fingerprint density at radius 3 is 2.52 bits per heavy atom. The summed E-state index contributed by atoms with van der Waals surface area (Å²) in [6.07, 6.45) is 4.18. The molecule has 2 aromatic heterocycles. The van der Waals surface area contributed by atoms with Crippen molar-refractivity contribution in [1.29, 1.82) is 0 Å². The van der Waals surface area contributed by atoms with Gasteiger partial charge in [0.15, 0.2) is 10.8 Å². The van der Waals surface area contributed by atoms with Crippen LogP contribution in [-0.2, 0) is 16.6 Å². The predicted molar refractivity (Wildman–Crippen MR) is 132 cm³/mol. The minimum atomic E-state index is -3.76. The van der Waals surface area contributed by atoms with Gasteiger partial charge in [0.05, 0.1) is 17.4 Å². The molecule has 33 heavy (non-hydrogen) atoms. The molecule has 1 saturated heterocycles. The van der Waals surface area contributed by atoms with Gasteiger partial charge in [-0.05, 0) is 48.8 Å². The Hall–Kier alpha value is -2.49. The van der Waals surface area contributed by atoms with E-state index in [0.717, 1.165) is 30.9 Å². The number of pyridine rings is 1. The second-order valence-electron chi connectivity index (χ2n) is 9.17. The van der Waals surface area contributed by atoms with E-state index in [2.05, 4.69) is 61.9 Å². The molecule has 3 atom stereocenters. The number of hydrogen-bond acceptors (Lipinski definition) is 7. The first-order chi connectivity index (χ1) is 15.9. The maximum absolute atomic E-state index is 12.7. The van der Waals surface area contributed by atoms with Crippen LogP contribution in [-0.4, -0.2) is 49.5 Å². The molecule has 2 bridgehead atoms. The van der Waals surface area contributed by atoms with Crippen LogP contribution in [0.3, 0.4) is 0 Å². The number of fused-ring (bicyclic) bond motifs is 2.